The Morgan fingerprint density at radius 1 is 1.19 bits per heavy atom. The normalized spacial score (nSPS) is 12.8. The van der Waals surface area contributed by atoms with Crippen LogP contribution in [-0.2, 0) is 22.4 Å². The lowest BCUT2D eigenvalue weighted by atomic mass is 9.95. The van der Waals surface area contributed by atoms with E-state index in [-0.39, 0.29) is 11.7 Å². The molecule has 168 valence electrons. The topological polar surface area (TPSA) is 104 Å². The van der Waals surface area contributed by atoms with Crippen molar-refractivity contribution < 1.29 is 23.5 Å². The number of hydrogen-bond donors (Lipinski definition) is 1. The molecule has 10 heteroatoms. The zero-order valence-corrected chi connectivity index (χ0v) is 19.4. The molecule has 0 fully saturated rings. The third kappa shape index (κ3) is 4.97. The van der Waals surface area contributed by atoms with E-state index >= 15 is 0 Å². The summed E-state index contributed by atoms with van der Waals surface area (Å²) in [4.78, 5) is 26.0. The molecule has 0 saturated carbocycles. The van der Waals surface area contributed by atoms with Gasteiger partial charge in [0, 0.05) is 10.4 Å². The van der Waals surface area contributed by atoms with Crippen molar-refractivity contribution in [1.82, 2.24) is 10.2 Å². The van der Waals surface area contributed by atoms with Gasteiger partial charge in [0.1, 0.15) is 10.8 Å². The van der Waals surface area contributed by atoms with E-state index < -0.39 is 5.97 Å². The number of aryl methyl sites for hydroxylation is 1. The van der Waals surface area contributed by atoms with Gasteiger partial charge < -0.3 is 19.2 Å². The van der Waals surface area contributed by atoms with Gasteiger partial charge in [-0.05, 0) is 62.4 Å². The molecule has 0 spiro atoms. The Bertz CT molecular complexity index is 1110. The number of hydrogen-bond acceptors (Lipinski definition) is 9. The lowest BCUT2D eigenvalue weighted by Crippen LogP contribution is -2.16. The summed E-state index contributed by atoms with van der Waals surface area (Å²) in [6.45, 7) is 2.52. The summed E-state index contributed by atoms with van der Waals surface area (Å²) in [6.07, 6.45) is 3.87. The minimum atomic E-state index is -0.413. The van der Waals surface area contributed by atoms with E-state index in [4.69, 9.17) is 13.9 Å². The van der Waals surface area contributed by atoms with Gasteiger partial charge in [-0.3, -0.25) is 4.79 Å². The number of benzene rings is 1. The molecule has 2 aromatic heterocycles. The summed E-state index contributed by atoms with van der Waals surface area (Å²) in [5.74, 6) is 0.552. The second kappa shape index (κ2) is 10.2. The highest BCUT2D eigenvalue weighted by Crippen LogP contribution is 2.38. The SMILES string of the molecule is CCOc1ccc(-c2nnc(SCC(=O)Nc3sc4c(c3C(=O)OC)CCCC4)o2)cc1. The highest BCUT2D eigenvalue weighted by molar-refractivity contribution is 7.99. The molecule has 8 nitrogen and oxygen atoms in total. The Labute approximate surface area is 193 Å². The second-order valence-electron chi connectivity index (χ2n) is 7.07. The van der Waals surface area contributed by atoms with Gasteiger partial charge in [-0.2, -0.15) is 0 Å². The van der Waals surface area contributed by atoms with Crippen LogP contribution < -0.4 is 10.1 Å². The van der Waals surface area contributed by atoms with Crippen molar-refractivity contribution in [2.24, 2.45) is 0 Å². The maximum absolute atomic E-state index is 12.6. The molecule has 1 amide bonds. The van der Waals surface area contributed by atoms with E-state index in [0.29, 0.717) is 28.3 Å². The zero-order chi connectivity index (χ0) is 22.5. The summed E-state index contributed by atoms with van der Waals surface area (Å²) >= 11 is 2.60. The Kier molecular flexibility index (Phi) is 7.11. The number of nitrogens with one attached hydrogen (secondary N) is 1. The molecule has 0 radical (unpaired) electrons. The van der Waals surface area contributed by atoms with Crippen LogP contribution in [0, 0.1) is 0 Å². The molecule has 2 heterocycles. The van der Waals surface area contributed by atoms with Crippen molar-refractivity contribution in [2.45, 2.75) is 37.8 Å². The lowest BCUT2D eigenvalue weighted by molar-refractivity contribution is -0.113. The number of carbonyl (C=O) groups excluding carboxylic acids is 2. The van der Waals surface area contributed by atoms with Crippen LogP contribution >= 0.6 is 23.1 Å². The number of thioether (sulfide) groups is 1. The zero-order valence-electron chi connectivity index (χ0n) is 17.8. The standard InChI is InChI=1S/C22H23N3O5S2/c1-3-29-14-10-8-13(9-11-14)19-24-25-22(30-19)31-12-17(26)23-20-18(21(27)28-2)15-6-4-5-7-16(15)32-20/h8-11H,3-7,12H2,1-2H3,(H,23,26). The van der Waals surface area contributed by atoms with Gasteiger partial charge in [-0.15, -0.1) is 21.5 Å². The summed E-state index contributed by atoms with van der Waals surface area (Å²) in [5.41, 5.74) is 2.26. The van der Waals surface area contributed by atoms with Crippen molar-refractivity contribution in [3.05, 3.63) is 40.3 Å². The molecule has 1 aliphatic rings. The predicted molar refractivity (Wildman–Crippen MR) is 123 cm³/mol. The molecule has 4 rings (SSSR count). The van der Waals surface area contributed by atoms with Crippen LogP contribution in [0.4, 0.5) is 5.00 Å². The molecule has 0 atom stereocenters. The van der Waals surface area contributed by atoms with Gasteiger partial charge in [0.25, 0.3) is 5.22 Å². The number of fused-ring (bicyclic) bond motifs is 1. The number of rotatable bonds is 8. The van der Waals surface area contributed by atoms with E-state index in [1.54, 1.807) is 0 Å². The fourth-order valence-electron chi connectivity index (χ4n) is 3.51. The Morgan fingerprint density at radius 3 is 2.72 bits per heavy atom. The minimum absolute atomic E-state index is 0.0775. The molecule has 0 aliphatic heterocycles. The molecule has 1 N–H and O–H groups in total. The lowest BCUT2D eigenvalue weighted by Gasteiger charge is -2.11. The van der Waals surface area contributed by atoms with Crippen LogP contribution in [0.25, 0.3) is 11.5 Å². The highest BCUT2D eigenvalue weighted by Gasteiger charge is 2.27. The number of thiophene rings is 1. The van der Waals surface area contributed by atoms with E-state index in [2.05, 4.69) is 15.5 Å². The number of nitrogens with zero attached hydrogens (tertiary/aromatic N) is 2. The number of methoxy groups -OCH3 is 1. The van der Waals surface area contributed by atoms with Crippen LogP contribution in [-0.4, -0.2) is 41.5 Å². The molecule has 0 bridgehead atoms. The Hall–Kier alpha value is -2.85. The van der Waals surface area contributed by atoms with Gasteiger partial charge in [0.15, 0.2) is 0 Å². The Morgan fingerprint density at radius 2 is 1.97 bits per heavy atom. The molecule has 3 aromatic rings. The summed E-state index contributed by atoms with van der Waals surface area (Å²) in [7, 11) is 1.36. The fourth-order valence-corrected chi connectivity index (χ4v) is 5.36. The number of esters is 1. The largest absolute Gasteiger partial charge is 0.494 e. The molecule has 32 heavy (non-hydrogen) atoms. The maximum atomic E-state index is 12.6. The first-order valence-corrected chi connectivity index (χ1v) is 12.1. The van der Waals surface area contributed by atoms with E-state index in [0.717, 1.165) is 59.2 Å². The summed E-state index contributed by atoms with van der Waals surface area (Å²) in [6, 6.07) is 7.35. The van der Waals surface area contributed by atoms with Crippen molar-refractivity contribution in [3.8, 4) is 17.2 Å². The van der Waals surface area contributed by atoms with Gasteiger partial charge in [-0.25, -0.2) is 4.79 Å². The van der Waals surface area contributed by atoms with Crippen LogP contribution in [0.3, 0.4) is 0 Å². The smallest absolute Gasteiger partial charge is 0.341 e. The van der Waals surface area contributed by atoms with Gasteiger partial charge in [0.2, 0.25) is 11.8 Å². The van der Waals surface area contributed by atoms with Crippen molar-refractivity contribution >= 4 is 40.0 Å². The minimum Gasteiger partial charge on any atom is -0.494 e. The molecule has 1 aliphatic carbocycles. The van der Waals surface area contributed by atoms with Gasteiger partial charge >= 0.3 is 5.97 Å². The molecule has 1 aromatic carbocycles. The molecular weight excluding hydrogens is 450 g/mol. The first-order chi connectivity index (χ1) is 15.6. The van der Waals surface area contributed by atoms with E-state index in [9.17, 15) is 9.59 Å². The van der Waals surface area contributed by atoms with Crippen LogP contribution in [0.5, 0.6) is 5.75 Å². The van der Waals surface area contributed by atoms with Crippen molar-refractivity contribution in [2.75, 3.05) is 24.8 Å². The van der Waals surface area contributed by atoms with Gasteiger partial charge in [0.05, 0.1) is 25.0 Å². The first-order valence-electron chi connectivity index (χ1n) is 10.3. The average Bonchev–Trinajstić information content (AvgIpc) is 3.42. The van der Waals surface area contributed by atoms with E-state index in [1.807, 2.05) is 31.2 Å². The number of carbonyl (C=O) groups is 2. The molecule has 0 saturated heterocycles. The number of aromatic nitrogens is 2. The molecule has 0 unspecified atom stereocenters. The fraction of sp³-hybridized carbons (Fsp3) is 0.364. The number of amides is 1. The third-order valence-electron chi connectivity index (χ3n) is 4.96. The van der Waals surface area contributed by atoms with E-state index in [1.165, 1.54) is 18.4 Å². The monoisotopic (exact) mass is 473 g/mol. The van der Waals surface area contributed by atoms with Gasteiger partial charge in [-0.1, -0.05) is 11.8 Å². The number of ether oxygens (including phenoxy) is 2. The maximum Gasteiger partial charge on any atom is 0.341 e. The summed E-state index contributed by atoms with van der Waals surface area (Å²) in [5, 5.41) is 11.8. The summed E-state index contributed by atoms with van der Waals surface area (Å²) < 4.78 is 16.0. The third-order valence-corrected chi connectivity index (χ3v) is 6.98. The first kappa shape index (κ1) is 22.3. The predicted octanol–water partition coefficient (Wildman–Crippen LogP) is 4.59. The average molecular weight is 474 g/mol. The Balaban J connectivity index is 1.39. The van der Waals surface area contributed by atoms with Crippen molar-refractivity contribution in [1.29, 1.82) is 0 Å². The van der Waals surface area contributed by atoms with Crippen LogP contribution in [0.2, 0.25) is 0 Å². The second-order valence-corrected chi connectivity index (χ2v) is 9.11. The quantitative estimate of drug-likeness (QED) is 0.374. The molecular formula is C22H23N3O5S2. The van der Waals surface area contributed by atoms with Crippen LogP contribution in [0.15, 0.2) is 33.9 Å². The highest BCUT2D eigenvalue weighted by atomic mass is 32.2. The number of anilines is 1. The van der Waals surface area contributed by atoms with Crippen LogP contribution in [0.1, 0.15) is 40.6 Å². The van der Waals surface area contributed by atoms with Crippen molar-refractivity contribution in [3.63, 3.8) is 0 Å².